The van der Waals surface area contributed by atoms with Gasteiger partial charge in [-0.15, -0.1) is 0 Å². The molecule has 0 saturated carbocycles. The van der Waals surface area contributed by atoms with Crippen LogP contribution in [0.2, 0.25) is 0 Å². The summed E-state index contributed by atoms with van der Waals surface area (Å²) in [5, 5.41) is 22.0. The Kier molecular flexibility index (Phi) is 6.47. The summed E-state index contributed by atoms with van der Waals surface area (Å²) in [6, 6.07) is 29.1. The number of aliphatic hydroxyl groups excluding tert-OH is 2. The normalized spacial score (nSPS) is 22.9. The van der Waals surface area contributed by atoms with E-state index in [1.165, 1.54) is 10.8 Å². The molecule has 2 heterocycles. The lowest BCUT2D eigenvalue weighted by molar-refractivity contribution is -0.184. The number of aryl methyl sites for hydroxylation is 1. The topological polar surface area (TPSA) is 105 Å². The first-order valence-corrected chi connectivity index (χ1v) is 12.7. The summed E-state index contributed by atoms with van der Waals surface area (Å²) < 4.78 is 8.27. The Morgan fingerprint density at radius 1 is 0.868 bits per heavy atom. The molecule has 1 aliphatic rings. The van der Waals surface area contributed by atoms with Gasteiger partial charge in [-0.05, 0) is 23.6 Å². The van der Waals surface area contributed by atoms with Gasteiger partial charge < -0.3 is 14.9 Å². The molecule has 1 saturated heterocycles. The van der Waals surface area contributed by atoms with Crippen molar-refractivity contribution in [1.29, 1.82) is 0 Å². The molecule has 38 heavy (non-hydrogen) atoms. The highest BCUT2D eigenvalue weighted by Crippen LogP contribution is 2.63. The van der Waals surface area contributed by atoms with Gasteiger partial charge in [-0.1, -0.05) is 105 Å². The highest BCUT2D eigenvalue weighted by Gasteiger charge is 2.72. The molecule has 5 rings (SSSR count). The molecule has 7 heteroatoms. The van der Waals surface area contributed by atoms with Crippen LogP contribution < -0.4 is 11.2 Å². The van der Waals surface area contributed by atoms with Gasteiger partial charge in [-0.3, -0.25) is 14.3 Å². The summed E-state index contributed by atoms with van der Waals surface area (Å²) in [5.74, 6) is 0. The number of aliphatic hydroxyl groups is 2. The molecule has 1 fully saturated rings. The molecule has 0 bridgehead atoms. The molecule has 0 radical (unpaired) electrons. The molecule has 1 aliphatic heterocycles. The molecule has 0 amide bonds. The second kappa shape index (κ2) is 9.51. The van der Waals surface area contributed by atoms with E-state index < -0.39 is 46.6 Å². The average molecular weight is 513 g/mol. The standard InChI is InChI=1S/C31H32N2O5/c1-21-19-33(28(37)32-27(21)36)31(29(2,3)26(35)25(20-34)38-31)30(22-13-7-4-8-14-22,23-15-9-5-10-16-23)24-17-11-6-12-18-24/h4-19,25-26,34-35H,20H2,1-3H3,(H,32,36,37)/t25-,26-,31+/m1/s1. The van der Waals surface area contributed by atoms with Gasteiger partial charge in [0.05, 0.1) is 18.1 Å². The molecular formula is C31H32N2O5. The van der Waals surface area contributed by atoms with Crippen LogP contribution in [0.25, 0.3) is 0 Å². The number of H-pyrrole nitrogens is 1. The molecule has 0 unspecified atom stereocenters. The van der Waals surface area contributed by atoms with Crippen molar-refractivity contribution in [2.75, 3.05) is 6.61 Å². The fourth-order valence-corrected chi connectivity index (χ4v) is 6.31. The number of hydrogen-bond donors (Lipinski definition) is 3. The second-order valence-corrected chi connectivity index (χ2v) is 10.4. The van der Waals surface area contributed by atoms with Crippen molar-refractivity contribution < 1.29 is 14.9 Å². The van der Waals surface area contributed by atoms with E-state index in [1.807, 2.05) is 105 Å². The maximum atomic E-state index is 13.8. The van der Waals surface area contributed by atoms with Crippen LogP contribution in [-0.4, -0.2) is 38.6 Å². The van der Waals surface area contributed by atoms with Crippen LogP contribution in [0.5, 0.6) is 0 Å². The van der Waals surface area contributed by atoms with E-state index in [0.29, 0.717) is 5.56 Å². The highest BCUT2D eigenvalue weighted by molar-refractivity contribution is 5.55. The maximum Gasteiger partial charge on any atom is 0.330 e. The lowest BCUT2D eigenvalue weighted by Crippen LogP contribution is -2.65. The Labute approximate surface area is 221 Å². The zero-order valence-electron chi connectivity index (χ0n) is 21.7. The minimum atomic E-state index is -1.65. The summed E-state index contributed by atoms with van der Waals surface area (Å²) in [7, 11) is 0. The van der Waals surface area contributed by atoms with Gasteiger partial charge in [0.2, 0.25) is 0 Å². The zero-order valence-corrected chi connectivity index (χ0v) is 21.7. The monoisotopic (exact) mass is 512 g/mol. The quantitative estimate of drug-likeness (QED) is 0.344. The van der Waals surface area contributed by atoms with Crippen molar-refractivity contribution in [3.63, 3.8) is 0 Å². The number of nitrogens with one attached hydrogen (secondary N) is 1. The van der Waals surface area contributed by atoms with Crippen LogP contribution in [0.1, 0.15) is 36.1 Å². The first kappa shape index (κ1) is 25.9. The van der Waals surface area contributed by atoms with Gasteiger partial charge >= 0.3 is 5.69 Å². The summed E-state index contributed by atoms with van der Waals surface area (Å²) in [6.07, 6.45) is -0.652. The Hall–Kier alpha value is -3.78. The summed E-state index contributed by atoms with van der Waals surface area (Å²) in [6.45, 7) is 4.84. The number of aromatic nitrogens is 2. The number of nitrogens with zero attached hydrogens (tertiary/aromatic N) is 1. The van der Waals surface area contributed by atoms with Gasteiger partial charge in [0, 0.05) is 17.2 Å². The van der Waals surface area contributed by atoms with Crippen molar-refractivity contribution in [2.24, 2.45) is 5.41 Å². The predicted molar refractivity (Wildman–Crippen MR) is 145 cm³/mol. The number of aromatic amines is 1. The molecule has 1 aromatic heterocycles. The van der Waals surface area contributed by atoms with Crippen molar-refractivity contribution >= 4 is 0 Å². The number of hydrogen-bond acceptors (Lipinski definition) is 5. The Morgan fingerprint density at radius 3 is 1.71 bits per heavy atom. The minimum Gasteiger partial charge on any atom is -0.394 e. The molecule has 7 nitrogen and oxygen atoms in total. The van der Waals surface area contributed by atoms with Crippen LogP contribution in [0.4, 0.5) is 0 Å². The second-order valence-electron chi connectivity index (χ2n) is 10.4. The SMILES string of the molecule is Cc1cn([C@]2(C(c3ccccc3)(c3ccccc3)c3ccccc3)O[C@H](CO)[C@@H](O)C2(C)C)c(=O)[nH]c1=O. The third kappa shape index (κ3) is 3.46. The van der Waals surface area contributed by atoms with Crippen LogP contribution in [0.3, 0.4) is 0 Å². The largest absolute Gasteiger partial charge is 0.394 e. The molecule has 196 valence electrons. The Balaban J connectivity index is 2.09. The van der Waals surface area contributed by atoms with E-state index in [-0.39, 0.29) is 0 Å². The van der Waals surface area contributed by atoms with Crippen LogP contribution in [0, 0.1) is 12.3 Å². The lowest BCUT2D eigenvalue weighted by atomic mass is 9.55. The van der Waals surface area contributed by atoms with Gasteiger partial charge in [-0.2, -0.15) is 0 Å². The Morgan fingerprint density at radius 2 is 1.32 bits per heavy atom. The zero-order chi connectivity index (χ0) is 27.1. The fraction of sp³-hybridized carbons (Fsp3) is 0.290. The smallest absolute Gasteiger partial charge is 0.330 e. The number of rotatable bonds is 6. The minimum absolute atomic E-state index is 0.313. The fourth-order valence-electron chi connectivity index (χ4n) is 6.31. The number of ether oxygens (including phenoxy) is 1. The molecule has 0 spiro atoms. The lowest BCUT2D eigenvalue weighted by Gasteiger charge is -2.55. The first-order chi connectivity index (χ1) is 18.2. The first-order valence-electron chi connectivity index (χ1n) is 12.7. The molecule has 3 N–H and O–H groups in total. The molecular weight excluding hydrogens is 480 g/mol. The van der Waals surface area contributed by atoms with E-state index in [0.717, 1.165) is 16.7 Å². The highest BCUT2D eigenvalue weighted by atomic mass is 16.6. The molecule has 4 aromatic rings. The van der Waals surface area contributed by atoms with Gasteiger partial charge in [0.25, 0.3) is 5.56 Å². The van der Waals surface area contributed by atoms with Crippen LogP contribution in [0.15, 0.2) is 107 Å². The van der Waals surface area contributed by atoms with Crippen molar-refractivity contribution in [2.45, 2.75) is 44.1 Å². The third-order valence-corrected chi connectivity index (χ3v) is 8.05. The van der Waals surface area contributed by atoms with Gasteiger partial charge in [0.1, 0.15) is 6.10 Å². The molecule has 3 aromatic carbocycles. The maximum absolute atomic E-state index is 13.8. The molecule has 3 atom stereocenters. The van der Waals surface area contributed by atoms with Crippen LogP contribution >= 0.6 is 0 Å². The summed E-state index contributed by atoms with van der Waals surface area (Å²) >= 11 is 0. The third-order valence-electron chi connectivity index (χ3n) is 8.05. The summed E-state index contributed by atoms with van der Waals surface area (Å²) in [5.41, 5.74) is -2.47. The Bertz CT molecular complexity index is 1430. The van der Waals surface area contributed by atoms with Crippen LogP contribution in [-0.2, 0) is 15.9 Å². The predicted octanol–water partition coefficient (Wildman–Crippen LogP) is 3.31. The summed E-state index contributed by atoms with van der Waals surface area (Å²) in [4.78, 5) is 28.8. The molecule has 0 aliphatic carbocycles. The van der Waals surface area contributed by atoms with Gasteiger partial charge in [-0.25, -0.2) is 4.79 Å². The van der Waals surface area contributed by atoms with Gasteiger partial charge in [0.15, 0.2) is 5.72 Å². The van der Waals surface area contributed by atoms with Crippen molar-refractivity contribution in [1.82, 2.24) is 9.55 Å². The van der Waals surface area contributed by atoms with E-state index in [1.54, 1.807) is 6.92 Å². The van der Waals surface area contributed by atoms with Crippen molar-refractivity contribution in [3.8, 4) is 0 Å². The van der Waals surface area contributed by atoms with Crippen molar-refractivity contribution in [3.05, 3.63) is 140 Å². The van der Waals surface area contributed by atoms with E-state index in [4.69, 9.17) is 4.74 Å². The average Bonchev–Trinajstić information content (AvgIpc) is 3.14. The van der Waals surface area contributed by atoms with E-state index in [2.05, 4.69) is 4.98 Å². The number of benzene rings is 3. The van der Waals surface area contributed by atoms with E-state index in [9.17, 15) is 19.8 Å². The van der Waals surface area contributed by atoms with E-state index >= 15 is 0 Å².